The van der Waals surface area contributed by atoms with Crippen LogP contribution in [0.5, 0.6) is 5.88 Å². The number of methoxy groups -OCH3 is 1. The van der Waals surface area contributed by atoms with Crippen LogP contribution in [0, 0.1) is 0 Å². The number of nitrogens with one attached hydrogen (secondary N) is 1. The maximum absolute atomic E-state index is 12.5. The summed E-state index contributed by atoms with van der Waals surface area (Å²) < 4.78 is 51.7. The van der Waals surface area contributed by atoms with Gasteiger partial charge in [0.1, 0.15) is 0 Å². The Balaban J connectivity index is 3.72. The van der Waals surface area contributed by atoms with Gasteiger partial charge in [-0.3, -0.25) is 9.78 Å². The van der Waals surface area contributed by atoms with Crippen molar-refractivity contribution >= 4 is 19.7 Å². The molecule has 1 aromatic heterocycles. The molecule has 0 fully saturated rings. The van der Waals surface area contributed by atoms with E-state index in [1.807, 2.05) is 4.98 Å². The van der Waals surface area contributed by atoms with Gasteiger partial charge in [0.2, 0.25) is 5.88 Å². The highest BCUT2D eigenvalue weighted by Gasteiger charge is 2.27. The predicted molar refractivity (Wildman–Crippen MR) is 51.6 cm³/mol. The van der Waals surface area contributed by atoms with Crippen LogP contribution >= 0.6 is 10.7 Å². The highest BCUT2D eigenvalue weighted by molar-refractivity contribution is 8.13. The normalized spacial score (nSPS) is 11.8. The third-order valence-electron chi connectivity index (χ3n) is 1.67. The number of aromatic amines is 1. The SMILES string of the molecule is COc1[nH]c(=O)cc(C(F)F)c1S(=O)(=O)Cl. The number of hydrogen-bond donors (Lipinski definition) is 1. The zero-order valence-electron chi connectivity index (χ0n) is 7.83. The number of alkyl halides is 2. The van der Waals surface area contributed by atoms with Crippen molar-refractivity contribution in [2.24, 2.45) is 0 Å². The summed E-state index contributed by atoms with van der Waals surface area (Å²) in [6.45, 7) is 0. The molecule has 0 saturated heterocycles. The first kappa shape index (κ1) is 12.9. The molecule has 0 aliphatic carbocycles. The summed E-state index contributed by atoms with van der Waals surface area (Å²) >= 11 is 0. The molecular formula is C7H6ClF2NO4S. The second-order valence-electron chi connectivity index (χ2n) is 2.69. The summed E-state index contributed by atoms with van der Waals surface area (Å²) in [5.74, 6) is -0.613. The molecule has 16 heavy (non-hydrogen) atoms. The van der Waals surface area contributed by atoms with Crippen LogP contribution in [0.1, 0.15) is 12.0 Å². The lowest BCUT2D eigenvalue weighted by Gasteiger charge is -2.09. The minimum atomic E-state index is -4.44. The van der Waals surface area contributed by atoms with E-state index < -0.39 is 37.4 Å². The molecule has 0 atom stereocenters. The van der Waals surface area contributed by atoms with Gasteiger partial charge in [-0.2, -0.15) is 0 Å². The molecule has 0 bridgehead atoms. The summed E-state index contributed by atoms with van der Waals surface area (Å²) in [5, 5.41) is 0. The summed E-state index contributed by atoms with van der Waals surface area (Å²) in [7, 11) is 1.56. The number of rotatable bonds is 3. The van der Waals surface area contributed by atoms with Gasteiger partial charge in [0, 0.05) is 22.3 Å². The summed E-state index contributed by atoms with van der Waals surface area (Å²) in [4.78, 5) is 12.0. The summed E-state index contributed by atoms with van der Waals surface area (Å²) in [6.07, 6.45) is -3.15. The Morgan fingerprint density at radius 2 is 2.06 bits per heavy atom. The van der Waals surface area contributed by atoms with Crippen molar-refractivity contribution in [2.75, 3.05) is 7.11 Å². The number of ether oxygens (including phenoxy) is 1. The molecule has 1 aromatic rings. The fourth-order valence-corrected chi connectivity index (χ4v) is 2.36. The average Bonchev–Trinajstić information content (AvgIpc) is 2.14. The van der Waals surface area contributed by atoms with E-state index in [1.54, 1.807) is 0 Å². The van der Waals surface area contributed by atoms with Crippen LogP contribution in [0.2, 0.25) is 0 Å². The second-order valence-corrected chi connectivity index (χ2v) is 5.19. The minimum absolute atomic E-state index is 0.461. The van der Waals surface area contributed by atoms with Crippen molar-refractivity contribution in [3.05, 3.63) is 22.0 Å². The zero-order valence-corrected chi connectivity index (χ0v) is 9.40. The quantitative estimate of drug-likeness (QED) is 0.841. The lowest BCUT2D eigenvalue weighted by Crippen LogP contribution is -2.13. The summed E-state index contributed by atoms with van der Waals surface area (Å²) in [6, 6.07) is 0.461. The fourth-order valence-electron chi connectivity index (χ4n) is 1.10. The molecule has 0 spiro atoms. The topological polar surface area (TPSA) is 76.2 Å². The third kappa shape index (κ3) is 2.50. The van der Waals surface area contributed by atoms with Crippen LogP contribution in [0.3, 0.4) is 0 Å². The number of hydrogen-bond acceptors (Lipinski definition) is 4. The summed E-state index contributed by atoms with van der Waals surface area (Å²) in [5.41, 5.74) is -1.90. The standard InChI is InChI=1S/C7H6ClF2NO4S/c1-15-7-5(16(8,13)14)3(6(9)10)2-4(12)11-7/h2,6H,1H3,(H,11,12). The molecule has 1 N–H and O–H groups in total. The molecule has 9 heteroatoms. The van der Waals surface area contributed by atoms with Crippen molar-refractivity contribution < 1.29 is 21.9 Å². The molecule has 0 saturated carbocycles. The maximum atomic E-state index is 12.5. The number of aromatic nitrogens is 1. The third-order valence-corrected chi connectivity index (χ3v) is 3.05. The van der Waals surface area contributed by atoms with E-state index >= 15 is 0 Å². The van der Waals surface area contributed by atoms with E-state index in [0.29, 0.717) is 6.07 Å². The van der Waals surface area contributed by atoms with Gasteiger partial charge in [0.15, 0.2) is 4.90 Å². The van der Waals surface area contributed by atoms with Gasteiger partial charge in [-0.05, 0) is 0 Å². The molecule has 0 aliphatic heterocycles. The van der Waals surface area contributed by atoms with E-state index in [0.717, 1.165) is 7.11 Å². The Kier molecular flexibility index (Phi) is 3.54. The van der Waals surface area contributed by atoms with E-state index in [9.17, 15) is 22.0 Å². The number of H-pyrrole nitrogens is 1. The highest BCUT2D eigenvalue weighted by Crippen LogP contribution is 2.32. The van der Waals surface area contributed by atoms with Gasteiger partial charge < -0.3 is 4.74 Å². The van der Waals surface area contributed by atoms with Crippen LogP contribution in [0.4, 0.5) is 8.78 Å². The molecule has 0 aromatic carbocycles. The first-order valence-electron chi connectivity index (χ1n) is 3.81. The van der Waals surface area contributed by atoms with Crippen molar-refractivity contribution in [1.29, 1.82) is 0 Å². The fraction of sp³-hybridized carbons (Fsp3) is 0.286. The molecule has 1 rings (SSSR count). The lowest BCUT2D eigenvalue weighted by molar-refractivity contribution is 0.146. The van der Waals surface area contributed by atoms with Crippen LogP contribution in [0.25, 0.3) is 0 Å². The number of halogens is 3. The molecule has 5 nitrogen and oxygen atoms in total. The van der Waals surface area contributed by atoms with Gasteiger partial charge in [-0.25, -0.2) is 17.2 Å². The Hall–Kier alpha value is -1.15. The van der Waals surface area contributed by atoms with Crippen LogP contribution in [-0.2, 0) is 9.05 Å². The Morgan fingerprint density at radius 3 is 2.44 bits per heavy atom. The smallest absolute Gasteiger partial charge is 0.267 e. The molecule has 90 valence electrons. The Morgan fingerprint density at radius 1 is 1.50 bits per heavy atom. The predicted octanol–water partition coefficient (Wildman–Crippen LogP) is 1.25. The van der Waals surface area contributed by atoms with Crippen LogP contribution < -0.4 is 10.3 Å². The molecule has 0 amide bonds. The average molecular weight is 274 g/mol. The zero-order chi connectivity index (χ0) is 12.5. The molecule has 0 unspecified atom stereocenters. The molecule has 0 radical (unpaired) electrons. The Labute approximate surface area is 93.4 Å². The molecular weight excluding hydrogens is 268 g/mol. The Bertz CT molecular complexity index is 554. The lowest BCUT2D eigenvalue weighted by atomic mass is 10.3. The van der Waals surface area contributed by atoms with Crippen molar-refractivity contribution in [1.82, 2.24) is 4.98 Å². The largest absolute Gasteiger partial charge is 0.481 e. The van der Waals surface area contributed by atoms with Gasteiger partial charge in [-0.1, -0.05) is 0 Å². The van der Waals surface area contributed by atoms with E-state index in [-0.39, 0.29) is 0 Å². The van der Waals surface area contributed by atoms with E-state index in [2.05, 4.69) is 4.74 Å². The highest BCUT2D eigenvalue weighted by atomic mass is 35.7. The molecule has 0 aliphatic rings. The van der Waals surface area contributed by atoms with Crippen LogP contribution in [-0.4, -0.2) is 20.5 Å². The van der Waals surface area contributed by atoms with Gasteiger partial charge in [-0.15, -0.1) is 0 Å². The van der Waals surface area contributed by atoms with E-state index in [1.165, 1.54) is 0 Å². The maximum Gasteiger partial charge on any atom is 0.267 e. The van der Waals surface area contributed by atoms with Gasteiger partial charge >= 0.3 is 0 Å². The van der Waals surface area contributed by atoms with Crippen molar-refractivity contribution in [3.8, 4) is 5.88 Å². The van der Waals surface area contributed by atoms with Crippen LogP contribution in [0.15, 0.2) is 15.8 Å². The number of pyridine rings is 1. The van der Waals surface area contributed by atoms with Gasteiger partial charge in [0.05, 0.1) is 7.11 Å². The molecule has 1 heterocycles. The van der Waals surface area contributed by atoms with Gasteiger partial charge in [0.25, 0.3) is 21.0 Å². The van der Waals surface area contributed by atoms with Crippen molar-refractivity contribution in [3.63, 3.8) is 0 Å². The van der Waals surface area contributed by atoms with E-state index in [4.69, 9.17) is 10.7 Å². The minimum Gasteiger partial charge on any atom is -0.481 e. The first-order chi connectivity index (χ1) is 7.27. The monoisotopic (exact) mass is 273 g/mol. The van der Waals surface area contributed by atoms with Crippen molar-refractivity contribution in [2.45, 2.75) is 11.3 Å². The second kappa shape index (κ2) is 4.38. The first-order valence-corrected chi connectivity index (χ1v) is 6.12.